The van der Waals surface area contributed by atoms with E-state index in [0.29, 0.717) is 12.5 Å². The van der Waals surface area contributed by atoms with Crippen LogP contribution >= 0.6 is 0 Å². The summed E-state index contributed by atoms with van der Waals surface area (Å²) in [5.74, 6) is 0.376. The predicted molar refractivity (Wildman–Crippen MR) is 65.3 cm³/mol. The minimum atomic E-state index is -4.31. The number of nitrogens with two attached hydrogens (primary N) is 1. The molecule has 100 valence electrons. The van der Waals surface area contributed by atoms with Crippen LogP contribution < -0.4 is 11.1 Å². The van der Waals surface area contributed by atoms with Gasteiger partial charge in [-0.3, -0.25) is 0 Å². The van der Waals surface area contributed by atoms with Crippen LogP contribution in [0.5, 0.6) is 0 Å². The molecule has 2 rings (SSSR count). The first-order chi connectivity index (χ1) is 8.47. The Balaban J connectivity index is 2.01. The van der Waals surface area contributed by atoms with Crippen molar-refractivity contribution in [3.05, 3.63) is 29.8 Å². The topological polar surface area (TPSA) is 38.0 Å². The number of benzene rings is 1. The number of para-hydroxylation sites is 1. The van der Waals surface area contributed by atoms with Gasteiger partial charge in [-0.05, 0) is 37.3 Å². The SMILES string of the molecule is NC1CCC(CNc2ccccc2C(F)(F)F)C1. The second-order valence-electron chi connectivity index (χ2n) is 4.86. The summed E-state index contributed by atoms with van der Waals surface area (Å²) in [5.41, 5.74) is 5.34. The van der Waals surface area contributed by atoms with Crippen LogP contribution in [0.4, 0.5) is 18.9 Å². The molecule has 18 heavy (non-hydrogen) atoms. The molecule has 5 heteroatoms. The summed E-state index contributed by atoms with van der Waals surface area (Å²) in [7, 11) is 0. The van der Waals surface area contributed by atoms with E-state index in [2.05, 4.69) is 5.32 Å². The number of rotatable bonds is 3. The molecule has 1 aliphatic rings. The third-order valence-corrected chi connectivity index (χ3v) is 3.40. The molecule has 1 saturated carbocycles. The Morgan fingerprint density at radius 2 is 1.94 bits per heavy atom. The van der Waals surface area contributed by atoms with Crippen molar-refractivity contribution in [1.82, 2.24) is 0 Å². The molecule has 1 fully saturated rings. The highest BCUT2D eigenvalue weighted by molar-refractivity contribution is 5.52. The zero-order chi connectivity index (χ0) is 13.2. The Hall–Kier alpha value is -1.23. The summed E-state index contributed by atoms with van der Waals surface area (Å²) >= 11 is 0. The van der Waals surface area contributed by atoms with E-state index in [1.165, 1.54) is 12.1 Å². The lowest BCUT2D eigenvalue weighted by atomic mass is 10.1. The molecule has 1 aromatic rings. The highest BCUT2D eigenvalue weighted by Crippen LogP contribution is 2.35. The van der Waals surface area contributed by atoms with Gasteiger partial charge in [0.05, 0.1) is 5.56 Å². The number of anilines is 1. The first-order valence-electron chi connectivity index (χ1n) is 6.12. The van der Waals surface area contributed by atoms with Gasteiger partial charge in [0.15, 0.2) is 0 Å². The van der Waals surface area contributed by atoms with Crippen molar-refractivity contribution in [2.24, 2.45) is 11.7 Å². The van der Waals surface area contributed by atoms with Crippen molar-refractivity contribution in [3.63, 3.8) is 0 Å². The maximum absolute atomic E-state index is 12.8. The number of alkyl halides is 3. The highest BCUT2D eigenvalue weighted by atomic mass is 19.4. The average molecular weight is 258 g/mol. The van der Waals surface area contributed by atoms with Gasteiger partial charge < -0.3 is 11.1 Å². The van der Waals surface area contributed by atoms with Crippen LogP contribution in [0.25, 0.3) is 0 Å². The molecule has 2 nitrogen and oxygen atoms in total. The van der Waals surface area contributed by atoms with Gasteiger partial charge in [0.1, 0.15) is 0 Å². The molecular formula is C13H17F3N2. The summed E-state index contributed by atoms with van der Waals surface area (Å²) in [4.78, 5) is 0. The number of hydrogen-bond acceptors (Lipinski definition) is 2. The van der Waals surface area contributed by atoms with Gasteiger partial charge in [-0.15, -0.1) is 0 Å². The van der Waals surface area contributed by atoms with E-state index in [1.54, 1.807) is 6.07 Å². The molecule has 1 aromatic carbocycles. The molecule has 0 bridgehead atoms. The van der Waals surface area contributed by atoms with E-state index in [4.69, 9.17) is 5.73 Å². The van der Waals surface area contributed by atoms with Gasteiger partial charge >= 0.3 is 6.18 Å². The summed E-state index contributed by atoms with van der Waals surface area (Å²) in [6, 6.07) is 5.78. The minimum absolute atomic E-state index is 0.158. The normalized spacial score (nSPS) is 24.2. The zero-order valence-corrected chi connectivity index (χ0v) is 10.0. The monoisotopic (exact) mass is 258 g/mol. The maximum Gasteiger partial charge on any atom is 0.418 e. The van der Waals surface area contributed by atoms with E-state index in [9.17, 15) is 13.2 Å². The zero-order valence-electron chi connectivity index (χ0n) is 10.0. The Morgan fingerprint density at radius 3 is 2.56 bits per heavy atom. The van der Waals surface area contributed by atoms with Gasteiger partial charge in [-0.2, -0.15) is 13.2 Å². The lowest BCUT2D eigenvalue weighted by Gasteiger charge is -2.16. The molecule has 3 N–H and O–H groups in total. The van der Waals surface area contributed by atoms with Gasteiger partial charge in [0.2, 0.25) is 0 Å². The van der Waals surface area contributed by atoms with Crippen molar-refractivity contribution in [2.75, 3.05) is 11.9 Å². The van der Waals surface area contributed by atoms with Crippen molar-refractivity contribution >= 4 is 5.69 Å². The van der Waals surface area contributed by atoms with Crippen molar-refractivity contribution in [1.29, 1.82) is 0 Å². The Morgan fingerprint density at radius 1 is 1.22 bits per heavy atom. The van der Waals surface area contributed by atoms with Crippen LogP contribution in [0.15, 0.2) is 24.3 Å². The second-order valence-corrected chi connectivity index (χ2v) is 4.86. The number of hydrogen-bond donors (Lipinski definition) is 2. The second kappa shape index (κ2) is 5.18. The third kappa shape index (κ3) is 3.16. The third-order valence-electron chi connectivity index (χ3n) is 3.40. The fraction of sp³-hybridized carbons (Fsp3) is 0.538. The van der Waals surface area contributed by atoms with Crippen molar-refractivity contribution in [2.45, 2.75) is 31.5 Å². The fourth-order valence-corrected chi connectivity index (χ4v) is 2.44. The Labute approximate surface area is 104 Å². The van der Waals surface area contributed by atoms with Gasteiger partial charge in [-0.1, -0.05) is 12.1 Å². The lowest BCUT2D eigenvalue weighted by molar-refractivity contribution is -0.136. The van der Waals surface area contributed by atoms with Crippen LogP contribution in [0.3, 0.4) is 0 Å². The maximum atomic E-state index is 12.8. The van der Waals surface area contributed by atoms with Crippen molar-refractivity contribution in [3.8, 4) is 0 Å². The molecule has 0 spiro atoms. The molecule has 2 atom stereocenters. The highest BCUT2D eigenvalue weighted by Gasteiger charge is 2.33. The minimum Gasteiger partial charge on any atom is -0.384 e. The largest absolute Gasteiger partial charge is 0.418 e. The molecule has 0 amide bonds. The molecule has 1 aliphatic carbocycles. The smallest absolute Gasteiger partial charge is 0.384 e. The first kappa shape index (κ1) is 13.2. The van der Waals surface area contributed by atoms with Gasteiger partial charge in [0, 0.05) is 18.3 Å². The lowest BCUT2D eigenvalue weighted by Crippen LogP contribution is -2.19. The van der Waals surface area contributed by atoms with Crippen LogP contribution in [0.2, 0.25) is 0 Å². The molecule has 2 unspecified atom stereocenters. The summed E-state index contributed by atoms with van der Waals surface area (Å²) in [5, 5.41) is 2.91. The summed E-state index contributed by atoms with van der Waals surface area (Å²) in [6.07, 6.45) is -1.47. The van der Waals surface area contributed by atoms with Crippen LogP contribution in [0, 0.1) is 5.92 Å². The number of nitrogens with one attached hydrogen (secondary N) is 1. The van der Waals surface area contributed by atoms with E-state index in [0.717, 1.165) is 25.3 Å². The van der Waals surface area contributed by atoms with Gasteiger partial charge in [-0.25, -0.2) is 0 Å². The molecule has 0 radical (unpaired) electrons. The van der Waals surface area contributed by atoms with Crippen LogP contribution in [-0.4, -0.2) is 12.6 Å². The Kier molecular flexibility index (Phi) is 3.80. The van der Waals surface area contributed by atoms with E-state index in [-0.39, 0.29) is 11.7 Å². The average Bonchev–Trinajstić information content (AvgIpc) is 2.72. The first-order valence-corrected chi connectivity index (χ1v) is 6.12. The van der Waals surface area contributed by atoms with Crippen LogP contribution in [0.1, 0.15) is 24.8 Å². The standard InChI is InChI=1S/C13H17F3N2/c14-13(15,16)11-3-1-2-4-12(11)18-8-9-5-6-10(17)7-9/h1-4,9-10,18H,5-8,17H2. The molecule has 0 aliphatic heterocycles. The predicted octanol–water partition coefficient (Wildman–Crippen LogP) is 3.24. The van der Waals surface area contributed by atoms with E-state index < -0.39 is 11.7 Å². The van der Waals surface area contributed by atoms with Crippen LogP contribution in [-0.2, 0) is 6.18 Å². The fourth-order valence-electron chi connectivity index (χ4n) is 2.44. The Bertz CT molecular complexity index is 403. The van der Waals surface area contributed by atoms with Crippen molar-refractivity contribution < 1.29 is 13.2 Å². The van der Waals surface area contributed by atoms with E-state index in [1.807, 2.05) is 0 Å². The molecule has 0 aromatic heterocycles. The van der Waals surface area contributed by atoms with E-state index >= 15 is 0 Å². The number of halogens is 3. The quantitative estimate of drug-likeness (QED) is 0.873. The molecular weight excluding hydrogens is 241 g/mol. The summed E-state index contributed by atoms with van der Waals surface area (Å²) < 4.78 is 38.3. The van der Waals surface area contributed by atoms with Gasteiger partial charge in [0.25, 0.3) is 0 Å². The molecule has 0 heterocycles. The summed E-state index contributed by atoms with van der Waals surface area (Å²) in [6.45, 7) is 0.556. The molecule has 0 saturated heterocycles.